The highest BCUT2D eigenvalue weighted by Gasteiger charge is 2.14. The number of hydrogen-bond acceptors (Lipinski definition) is 2. The van der Waals surface area contributed by atoms with Gasteiger partial charge in [0.05, 0.1) is 23.1 Å². The van der Waals surface area contributed by atoms with Crippen molar-refractivity contribution in [2.45, 2.75) is 13.3 Å². The Kier molecular flexibility index (Phi) is 4.70. The Balaban J connectivity index is 1.66. The van der Waals surface area contributed by atoms with Crippen LogP contribution in [0.4, 0.5) is 4.39 Å². The number of aromatic nitrogens is 2. The number of carbonyl (C=O) groups excluding carboxylic acids is 1. The molecular formula is C19H18FN3O. The molecule has 2 aromatic carbocycles. The van der Waals surface area contributed by atoms with Crippen LogP contribution in [0.1, 0.15) is 21.6 Å². The molecule has 24 heavy (non-hydrogen) atoms. The molecule has 1 heterocycles. The average Bonchev–Trinajstić information content (AvgIpc) is 2.98. The smallest absolute Gasteiger partial charge is 0.254 e. The normalized spacial score (nSPS) is 10.6. The SMILES string of the molecule is Cc1c(C(=O)NCCc2ccccc2)cnn1-c1ccc(F)cc1. The van der Waals surface area contributed by atoms with Gasteiger partial charge >= 0.3 is 0 Å². The van der Waals surface area contributed by atoms with Crippen LogP contribution in [0.3, 0.4) is 0 Å². The molecule has 0 spiro atoms. The van der Waals surface area contributed by atoms with E-state index in [4.69, 9.17) is 0 Å². The molecule has 0 radical (unpaired) electrons. The third kappa shape index (κ3) is 3.51. The molecule has 0 atom stereocenters. The van der Waals surface area contributed by atoms with E-state index in [1.165, 1.54) is 23.9 Å². The Morgan fingerprint density at radius 3 is 2.54 bits per heavy atom. The van der Waals surface area contributed by atoms with Gasteiger partial charge in [-0.15, -0.1) is 0 Å². The zero-order valence-corrected chi connectivity index (χ0v) is 13.4. The number of amides is 1. The quantitative estimate of drug-likeness (QED) is 0.783. The molecule has 0 aliphatic heterocycles. The van der Waals surface area contributed by atoms with Crippen molar-refractivity contribution in [3.8, 4) is 5.69 Å². The molecule has 3 rings (SSSR count). The van der Waals surface area contributed by atoms with E-state index in [1.54, 1.807) is 16.8 Å². The Morgan fingerprint density at radius 2 is 1.83 bits per heavy atom. The van der Waals surface area contributed by atoms with Gasteiger partial charge in [0.1, 0.15) is 5.82 Å². The fourth-order valence-corrected chi connectivity index (χ4v) is 2.54. The van der Waals surface area contributed by atoms with Gasteiger partial charge in [-0.1, -0.05) is 30.3 Å². The molecule has 1 N–H and O–H groups in total. The van der Waals surface area contributed by atoms with Crippen LogP contribution in [0, 0.1) is 12.7 Å². The van der Waals surface area contributed by atoms with E-state index in [0.29, 0.717) is 12.1 Å². The third-order valence-corrected chi connectivity index (χ3v) is 3.87. The van der Waals surface area contributed by atoms with Gasteiger partial charge in [-0.2, -0.15) is 5.10 Å². The second-order valence-corrected chi connectivity index (χ2v) is 5.52. The van der Waals surface area contributed by atoms with Gasteiger partial charge < -0.3 is 5.32 Å². The second-order valence-electron chi connectivity index (χ2n) is 5.52. The number of rotatable bonds is 5. The molecule has 1 aromatic heterocycles. The summed E-state index contributed by atoms with van der Waals surface area (Å²) in [6.07, 6.45) is 2.31. The summed E-state index contributed by atoms with van der Waals surface area (Å²) in [5, 5.41) is 7.15. The van der Waals surface area contributed by atoms with E-state index in [-0.39, 0.29) is 11.7 Å². The lowest BCUT2D eigenvalue weighted by atomic mass is 10.1. The van der Waals surface area contributed by atoms with Gasteiger partial charge in [-0.05, 0) is 43.2 Å². The first kappa shape index (κ1) is 15.9. The van der Waals surface area contributed by atoms with Gasteiger partial charge in [0.25, 0.3) is 5.91 Å². The van der Waals surface area contributed by atoms with Crippen LogP contribution < -0.4 is 5.32 Å². The van der Waals surface area contributed by atoms with Crippen LogP contribution in [0.15, 0.2) is 60.8 Å². The fraction of sp³-hybridized carbons (Fsp3) is 0.158. The maximum Gasteiger partial charge on any atom is 0.254 e. The number of halogens is 1. The van der Waals surface area contributed by atoms with E-state index < -0.39 is 0 Å². The molecule has 0 aliphatic rings. The summed E-state index contributed by atoms with van der Waals surface area (Å²) in [6.45, 7) is 2.38. The maximum atomic E-state index is 13.0. The standard InChI is InChI=1S/C19H18FN3O/c1-14-18(13-22-23(14)17-9-7-16(20)8-10-17)19(24)21-12-11-15-5-3-2-4-6-15/h2-10,13H,11-12H2,1H3,(H,21,24). The van der Waals surface area contributed by atoms with E-state index in [0.717, 1.165) is 17.8 Å². The van der Waals surface area contributed by atoms with Crippen LogP contribution in [-0.2, 0) is 6.42 Å². The van der Waals surface area contributed by atoms with Crippen molar-refractivity contribution < 1.29 is 9.18 Å². The lowest BCUT2D eigenvalue weighted by Crippen LogP contribution is -2.26. The Bertz CT molecular complexity index is 826. The predicted octanol–water partition coefficient (Wildman–Crippen LogP) is 3.29. The monoisotopic (exact) mass is 323 g/mol. The Morgan fingerprint density at radius 1 is 1.12 bits per heavy atom. The highest BCUT2D eigenvalue weighted by atomic mass is 19.1. The first-order valence-electron chi connectivity index (χ1n) is 7.78. The maximum absolute atomic E-state index is 13.0. The van der Waals surface area contributed by atoms with Gasteiger partial charge in [0, 0.05) is 6.54 Å². The molecule has 0 saturated heterocycles. The minimum absolute atomic E-state index is 0.156. The van der Waals surface area contributed by atoms with Crippen molar-refractivity contribution >= 4 is 5.91 Å². The van der Waals surface area contributed by atoms with Crippen LogP contribution in [0.2, 0.25) is 0 Å². The lowest BCUT2D eigenvalue weighted by molar-refractivity contribution is 0.0953. The van der Waals surface area contributed by atoms with E-state index in [2.05, 4.69) is 10.4 Å². The van der Waals surface area contributed by atoms with E-state index >= 15 is 0 Å². The Labute approximate surface area is 139 Å². The number of nitrogens with zero attached hydrogens (tertiary/aromatic N) is 2. The first-order valence-corrected chi connectivity index (χ1v) is 7.78. The number of carbonyl (C=O) groups is 1. The number of hydrogen-bond donors (Lipinski definition) is 1. The molecule has 5 heteroatoms. The van der Waals surface area contributed by atoms with E-state index in [1.807, 2.05) is 37.3 Å². The van der Waals surface area contributed by atoms with Crippen molar-refractivity contribution in [2.24, 2.45) is 0 Å². The van der Waals surface area contributed by atoms with Gasteiger partial charge in [-0.25, -0.2) is 9.07 Å². The third-order valence-electron chi connectivity index (χ3n) is 3.87. The molecule has 0 saturated carbocycles. The number of benzene rings is 2. The largest absolute Gasteiger partial charge is 0.352 e. The predicted molar refractivity (Wildman–Crippen MR) is 90.7 cm³/mol. The van der Waals surface area contributed by atoms with Gasteiger partial charge in [-0.3, -0.25) is 4.79 Å². The second kappa shape index (κ2) is 7.08. The van der Waals surface area contributed by atoms with Crippen LogP contribution in [-0.4, -0.2) is 22.2 Å². The van der Waals surface area contributed by atoms with Crippen molar-refractivity contribution in [2.75, 3.05) is 6.54 Å². The molecule has 4 nitrogen and oxygen atoms in total. The summed E-state index contributed by atoms with van der Waals surface area (Å²) in [5.74, 6) is -0.459. The summed E-state index contributed by atoms with van der Waals surface area (Å²) in [7, 11) is 0. The molecule has 0 fully saturated rings. The minimum Gasteiger partial charge on any atom is -0.352 e. The molecule has 0 unspecified atom stereocenters. The highest BCUT2D eigenvalue weighted by molar-refractivity contribution is 5.95. The molecular weight excluding hydrogens is 305 g/mol. The average molecular weight is 323 g/mol. The fourth-order valence-electron chi connectivity index (χ4n) is 2.54. The van der Waals surface area contributed by atoms with Gasteiger partial charge in [0.15, 0.2) is 0 Å². The number of nitrogens with one attached hydrogen (secondary N) is 1. The molecule has 1 amide bonds. The molecule has 122 valence electrons. The summed E-state index contributed by atoms with van der Waals surface area (Å²) in [6, 6.07) is 16.0. The molecule has 0 aliphatic carbocycles. The minimum atomic E-state index is -0.303. The zero-order valence-electron chi connectivity index (χ0n) is 13.4. The van der Waals surface area contributed by atoms with Crippen LogP contribution >= 0.6 is 0 Å². The van der Waals surface area contributed by atoms with E-state index in [9.17, 15) is 9.18 Å². The lowest BCUT2D eigenvalue weighted by Gasteiger charge is -2.07. The van der Waals surface area contributed by atoms with Crippen molar-refractivity contribution in [1.82, 2.24) is 15.1 Å². The van der Waals surface area contributed by atoms with Crippen LogP contribution in [0.5, 0.6) is 0 Å². The van der Waals surface area contributed by atoms with Gasteiger partial charge in [0.2, 0.25) is 0 Å². The van der Waals surface area contributed by atoms with Crippen molar-refractivity contribution in [1.29, 1.82) is 0 Å². The topological polar surface area (TPSA) is 46.9 Å². The van der Waals surface area contributed by atoms with Crippen molar-refractivity contribution in [3.05, 3.63) is 83.4 Å². The molecule has 3 aromatic rings. The summed E-state index contributed by atoms with van der Waals surface area (Å²) in [5.41, 5.74) is 3.14. The summed E-state index contributed by atoms with van der Waals surface area (Å²) < 4.78 is 14.7. The zero-order chi connectivity index (χ0) is 16.9. The molecule has 0 bridgehead atoms. The Hall–Kier alpha value is -2.95. The van der Waals surface area contributed by atoms with Crippen molar-refractivity contribution in [3.63, 3.8) is 0 Å². The highest BCUT2D eigenvalue weighted by Crippen LogP contribution is 2.14. The van der Waals surface area contributed by atoms with Crippen LogP contribution in [0.25, 0.3) is 5.69 Å². The first-order chi connectivity index (χ1) is 11.6. The summed E-state index contributed by atoms with van der Waals surface area (Å²) >= 11 is 0. The summed E-state index contributed by atoms with van der Waals surface area (Å²) in [4.78, 5) is 12.3.